The maximum atomic E-state index is 12.5. The van der Waals surface area contributed by atoms with Crippen molar-refractivity contribution >= 4 is 17.5 Å². The Hall–Kier alpha value is -1.45. The molecule has 0 radical (unpaired) electrons. The molecule has 25 heavy (non-hydrogen) atoms. The molecule has 0 aromatic heterocycles. The first-order valence-electron chi connectivity index (χ1n) is 9.86. The summed E-state index contributed by atoms with van der Waals surface area (Å²) in [4.78, 5) is 35.8. The number of ketones is 2. The first-order chi connectivity index (χ1) is 11.9. The van der Waals surface area contributed by atoms with Gasteiger partial charge in [0.2, 0.25) is 0 Å². The molecular weight excluding hydrogens is 316 g/mol. The van der Waals surface area contributed by atoms with Crippen molar-refractivity contribution in [2.75, 3.05) is 0 Å². The Morgan fingerprint density at radius 1 is 1.12 bits per heavy atom. The minimum atomic E-state index is -0.746. The van der Waals surface area contributed by atoms with Crippen LogP contribution in [0, 0.1) is 28.6 Å². The van der Waals surface area contributed by atoms with Crippen molar-refractivity contribution in [3.05, 3.63) is 11.6 Å². The summed E-state index contributed by atoms with van der Waals surface area (Å²) in [6, 6.07) is 0. The Kier molecular flexibility index (Phi) is 3.93. The first-order valence-corrected chi connectivity index (χ1v) is 9.86. The number of carbonyl (C=O) groups is 3. The third kappa shape index (κ3) is 2.43. The summed E-state index contributed by atoms with van der Waals surface area (Å²) < 4.78 is 0. The summed E-state index contributed by atoms with van der Waals surface area (Å²) in [5.41, 5.74) is 0.961. The van der Waals surface area contributed by atoms with Crippen LogP contribution in [-0.2, 0) is 14.4 Å². The highest BCUT2D eigenvalue weighted by atomic mass is 16.4. The molecule has 3 saturated carbocycles. The lowest BCUT2D eigenvalue weighted by Crippen LogP contribution is -2.51. The van der Waals surface area contributed by atoms with E-state index in [1.807, 2.05) is 6.08 Å². The lowest BCUT2D eigenvalue weighted by Gasteiger charge is -2.58. The number of carboxylic acid groups (broad SMARTS) is 1. The molecule has 4 aliphatic carbocycles. The molecule has 4 aliphatic rings. The molecule has 0 saturated heterocycles. The molecule has 0 aliphatic heterocycles. The molecule has 0 bridgehead atoms. The number of allylic oxidation sites excluding steroid dienone is 1. The van der Waals surface area contributed by atoms with Gasteiger partial charge in [0.05, 0.1) is 0 Å². The van der Waals surface area contributed by atoms with Gasteiger partial charge >= 0.3 is 5.97 Å². The third-order valence-electron chi connectivity index (χ3n) is 8.18. The smallest absolute Gasteiger partial charge is 0.303 e. The van der Waals surface area contributed by atoms with Crippen molar-refractivity contribution in [1.29, 1.82) is 0 Å². The molecule has 1 N–H and O–H groups in total. The summed E-state index contributed by atoms with van der Waals surface area (Å²) in [5, 5.41) is 9.27. The molecule has 0 heterocycles. The maximum Gasteiger partial charge on any atom is 0.303 e. The number of aliphatic carboxylic acids is 1. The summed E-state index contributed by atoms with van der Waals surface area (Å²) in [6.45, 7) is 2.17. The van der Waals surface area contributed by atoms with Crippen LogP contribution >= 0.6 is 0 Å². The lowest BCUT2D eigenvalue weighted by molar-refractivity contribution is -0.138. The molecule has 4 rings (SSSR count). The second kappa shape index (κ2) is 5.78. The van der Waals surface area contributed by atoms with Gasteiger partial charge in [0.15, 0.2) is 5.78 Å². The Bertz CT molecular complexity index is 663. The van der Waals surface area contributed by atoms with Crippen LogP contribution in [0.2, 0.25) is 0 Å². The van der Waals surface area contributed by atoms with Gasteiger partial charge in [-0.15, -0.1) is 0 Å². The van der Waals surface area contributed by atoms with Gasteiger partial charge in [-0.1, -0.05) is 12.5 Å². The van der Waals surface area contributed by atoms with E-state index in [4.69, 9.17) is 0 Å². The van der Waals surface area contributed by atoms with Crippen LogP contribution in [0.5, 0.6) is 0 Å². The Balaban J connectivity index is 1.71. The van der Waals surface area contributed by atoms with Crippen molar-refractivity contribution in [3.8, 4) is 0 Å². The highest BCUT2D eigenvalue weighted by Crippen LogP contribution is 2.65. The molecule has 5 atom stereocenters. The summed E-state index contributed by atoms with van der Waals surface area (Å²) in [7, 11) is 0. The predicted molar refractivity (Wildman–Crippen MR) is 92.9 cm³/mol. The number of Topliss-reactive ketones (excluding diaryl/α,β-unsaturated/α-hetero) is 1. The molecule has 0 amide bonds. The summed E-state index contributed by atoms with van der Waals surface area (Å²) in [5.74, 6) is 1.32. The molecule has 4 nitrogen and oxygen atoms in total. The van der Waals surface area contributed by atoms with E-state index in [-0.39, 0.29) is 23.0 Å². The largest absolute Gasteiger partial charge is 0.481 e. The molecule has 4 heteroatoms. The Morgan fingerprint density at radius 2 is 1.92 bits per heavy atom. The molecule has 0 spiro atoms. The van der Waals surface area contributed by atoms with Crippen molar-refractivity contribution in [2.24, 2.45) is 28.6 Å². The van der Waals surface area contributed by atoms with Gasteiger partial charge in [-0.2, -0.15) is 0 Å². The lowest BCUT2D eigenvalue weighted by atomic mass is 9.46. The number of hydrogen-bond donors (Lipinski definition) is 1. The Morgan fingerprint density at radius 3 is 2.68 bits per heavy atom. The van der Waals surface area contributed by atoms with Gasteiger partial charge in [-0.05, 0) is 74.2 Å². The van der Waals surface area contributed by atoms with E-state index < -0.39 is 5.97 Å². The third-order valence-corrected chi connectivity index (χ3v) is 8.18. The van der Waals surface area contributed by atoms with E-state index in [1.54, 1.807) is 0 Å². The number of rotatable bonds is 3. The minimum Gasteiger partial charge on any atom is -0.481 e. The molecular formula is C21H28O4. The van der Waals surface area contributed by atoms with E-state index in [1.165, 1.54) is 5.57 Å². The molecule has 136 valence electrons. The van der Waals surface area contributed by atoms with Crippen molar-refractivity contribution in [2.45, 2.75) is 71.1 Å². The van der Waals surface area contributed by atoms with Gasteiger partial charge in [0.1, 0.15) is 5.78 Å². The second-order valence-corrected chi connectivity index (χ2v) is 9.02. The van der Waals surface area contributed by atoms with Crippen molar-refractivity contribution in [1.82, 2.24) is 0 Å². The molecule has 3 fully saturated rings. The predicted octanol–water partition coefficient (Wildman–Crippen LogP) is 3.93. The quantitative estimate of drug-likeness (QED) is 0.842. The topological polar surface area (TPSA) is 71.4 Å². The molecule has 0 aromatic rings. The SMILES string of the molecule is C[C@]12CC[C@H]3[C@@H](CCC4=CC(=O)CC[C@@]43CCC(=O)O)[C@@H]1CCC2=O. The highest BCUT2D eigenvalue weighted by molar-refractivity contribution is 5.92. The zero-order chi connectivity index (χ0) is 17.8. The fraction of sp³-hybridized carbons (Fsp3) is 0.762. The van der Waals surface area contributed by atoms with Crippen LogP contribution in [-0.4, -0.2) is 22.6 Å². The first kappa shape index (κ1) is 17.0. The number of fused-ring (bicyclic) bond motifs is 5. The monoisotopic (exact) mass is 344 g/mol. The fourth-order valence-corrected chi connectivity index (χ4v) is 6.93. The zero-order valence-electron chi connectivity index (χ0n) is 15.1. The van der Waals surface area contributed by atoms with Crippen molar-refractivity contribution < 1.29 is 19.5 Å². The number of hydrogen-bond acceptors (Lipinski definition) is 3. The van der Waals surface area contributed by atoms with Crippen LogP contribution in [0.3, 0.4) is 0 Å². The van der Waals surface area contributed by atoms with Crippen molar-refractivity contribution in [3.63, 3.8) is 0 Å². The maximum absolute atomic E-state index is 12.5. The standard InChI is InChI=1S/C21H28O4/c1-20-9-7-17-15(16(20)4-5-18(20)23)3-2-13-12-14(22)6-10-21(13,17)11-8-19(24)25/h12,15-17H,2-11H2,1H3,(H,24,25)/t15-,16-,17-,20-,21+/m0/s1. The van der Waals surface area contributed by atoms with Crippen LogP contribution in [0.15, 0.2) is 11.6 Å². The normalized spacial score (nSPS) is 43.1. The summed E-state index contributed by atoms with van der Waals surface area (Å²) >= 11 is 0. The van der Waals surface area contributed by atoms with E-state index >= 15 is 0 Å². The van der Waals surface area contributed by atoms with Crippen LogP contribution in [0.1, 0.15) is 71.1 Å². The number of carboxylic acids is 1. The van der Waals surface area contributed by atoms with E-state index in [0.717, 1.165) is 38.5 Å². The average Bonchev–Trinajstić information content (AvgIpc) is 2.88. The average molecular weight is 344 g/mol. The zero-order valence-corrected chi connectivity index (χ0v) is 15.1. The van der Waals surface area contributed by atoms with Gasteiger partial charge in [-0.25, -0.2) is 0 Å². The molecule has 0 unspecified atom stereocenters. The van der Waals surface area contributed by atoms with E-state index in [2.05, 4.69) is 6.92 Å². The van der Waals surface area contributed by atoms with Gasteiger partial charge in [-0.3, -0.25) is 14.4 Å². The summed E-state index contributed by atoms with van der Waals surface area (Å²) in [6.07, 6.45) is 9.67. The van der Waals surface area contributed by atoms with Crippen LogP contribution in [0.4, 0.5) is 0 Å². The van der Waals surface area contributed by atoms with Crippen LogP contribution < -0.4 is 0 Å². The Labute approximate surface area is 149 Å². The van der Waals surface area contributed by atoms with Gasteiger partial charge in [0, 0.05) is 24.7 Å². The number of carbonyl (C=O) groups excluding carboxylic acids is 2. The van der Waals surface area contributed by atoms with Crippen LogP contribution in [0.25, 0.3) is 0 Å². The minimum absolute atomic E-state index is 0.109. The highest BCUT2D eigenvalue weighted by Gasteiger charge is 2.59. The fourth-order valence-electron chi connectivity index (χ4n) is 6.93. The second-order valence-electron chi connectivity index (χ2n) is 9.02. The van der Waals surface area contributed by atoms with E-state index in [0.29, 0.717) is 42.8 Å². The van der Waals surface area contributed by atoms with Gasteiger partial charge < -0.3 is 5.11 Å². The van der Waals surface area contributed by atoms with E-state index in [9.17, 15) is 19.5 Å². The van der Waals surface area contributed by atoms with Gasteiger partial charge in [0.25, 0.3) is 0 Å². The molecule has 0 aromatic carbocycles.